The zero-order valence-corrected chi connectivity index (χ0v) is 16.7. The molecule has 1 aliphatic rings. The van der Waals surface area contributed by atoms with Crippen LogP contribution < -0.4 is 10.6 Å². The largest absolute Gasteiger partial charge is 0.357 e. The minimum Gasteiger partial charge on any atom is -0.357 e. The van der Waals surface area contributed by atoms with E-state index in [1.165, 1.54) is 5.01 Å². The molecule has 0 spiro atoms. The zero-order valence-electron chi connectivity index (χ0n) is 15.8. The minimum absolute atomic E-state index is 0.0650. The van der Waals surface area contributed by atoms with E-state index >= 15 is 0 Å². The van der Waals surface area contributed by atoms with Crippen LogP contribution in [-0.2, 0) is 11.2 Å². The molecule has 140 valence electrons. The number of aliphatic imine (C=N–C) groups is 1. The third-order valence-electron chi connectivity index (χ3n) is 4.16. The Balaban J connectivity index is 1.78. The summed E-state index contributed by atoms with van der Waals surface area (Å²) >= 11 is 1.72. The second kappa shape index (κ2) is 9.75. The summed E-state index contributed by atoms with van der Waals surface area (Å²) in [5.74, 6) is 1.15. The van der Waals surface area contributed by atoms with E-state index in [2.05, 4.69) is 32.9 Å². The number of carbonyl (C=O) groups excluding carboxylic acids is 1. The summed E-state index contributed by atoms with van der Waals surface area (Å²) in [6, 6.07) is 0.280. The number of hydrogen-bond donors (Lipinski definition) is 2. The molecule has 1 aromatic rings. The maximum atomic E-state index is 12.1. The van der Waals surface area contributed by atoms with Crippen molar-refractivity contribution in [2.24, 2.45) is 10.9 Å². The van der Waals surface area contributed by atoms with Gasteiger partial charge in [-0.05, 0) is 26.7 Å². The SMILES string of the molecule is CCNC(=NCCCc1nc(C)cs1)NC1CCN(C(=O)C(C)C)C1. The maximum absolute atomic E-state index is 12.1. The van der Waals surface area contributed by atoms with Crippen LogP contribution in [0.1, 0.15) is 44.3 Å². The smallest absolute Gasteiger partial charge is 0.225 e. The molecule has 0 aliphatic carbocycles. The average Bonchev–Trinajstić information content (AvgIpc) is 3.20. The van der Waals surface area contributed by atoms with Crippen LogP contribution in [0.25, 0.3) is 0 Å². The van der Waals surface area contributed by atoms with Gasteiger partial charge in [0.1, 0.15) is 0 Å². The molecule has 1 aliphatic heterocycles. The van der Waals surface area contributed by atoms with E-state index in [1.807, 2.05) is 25.7 Å². The molecule has 0 saturated carbocycles. The van der Waals surface area contributed by atoms with E-state index in [0.717, 1.165) is 57.1 Å². The Kier molecular flexibility index (Phi) is 7.68. The van der Waals surface area contributed by atoms with Gasteiger partial charge in [0.2, 0.25) is 5.91 Å². The number of nitrogens with one attached hydrogen (secondary N) is 2. The number of carbonyl (C=O) groups is 1. The van der Waals surface area contributed by atoms with Gasteiger partial charge in [0.25, 0.3) is 0 Å². The van der Waals surface area contributed by atoms with E-state index in [4.69, 9.17) is 0 Å². The van der Waals surface area contributed by atoms with Crippen molar-refractivity contribution in [3.8, 4) is 0 Å². The number of aryl methyl sites for hydroxylation is 2. The van der Waals surface area contributed by atoms with E-state index in [0.29, 0.717) is 0 Å². The first-order chi connectivity index (χ1) is 12.0. The third-order valence-corrected chi connectivity index (χ3v) is 5.19. The maximum Gasteiger partial charge on any atom is 0.225 e. The fourth-order valence-electron chi connectivity index (χ4n) is 2.90. The normalized spacial score (nSPS) is 18.0. The first-order valence-corrected chi connectivity index (χ1v) is 10.1. The Morgan fingerprint density at radius 3 is 2.96 bits per heavy atom. The van der Waals surface area contributed by atoms with Crippen LogP contribution in [-0.4, -0.2) is 54.0 Å². The van der Waals surface area contributed by atoms with Crippen LogP contribution in [0.3, 0.4) is 0 Å². The summed E-state index contributed by atoms with van der Waals surface area (Å²) in [6.45, 7) is 11.2. The van der Waals surface area contributed by atoms with Gasteiger partial charge >= 0.3 is 0 Å². The van der Waals surface area contributed by atoms with Gasteiger partial charge in [0, 0.05) is 55.6 Å². The van der Waals surface area contributed by atoms with E-state index < -0.39 is 0 Å². The molecule has 2 rings (SSSR count). The molecule has 1 fully saturated rings. The highest BCUT2D eigenvalue weighted by Gasteiger charge is 2.27. The lowest BCUT2D eigenvalue weighted by Crippen LogP contribution is -2.45. The Morgan fingerprint density at radius 2 is 2.32 bits per heavy atom. The Labute approximate surface area is 155 Å². The second-order valence-corrected chi connectivity index (χ2v) is 7.76. The molecule has 1 atom stereocenters. The molecule has 1 saturated heterocycles. The molecular formula is C18H31N5OS. The number of hydrogen-bond acceptors (Lipinski definition) is 4. The summed E-state index contributed by atoms with van der Waals surface area (Å²) in [5.41, 5.74) is 1.10. The van der Waals surface area contributed by atoms with Crippen molar-refractivity contribution < 1.29 is 4.79 Å². The summed E-state index contributed by atoms with van der Waals surface area (Å²) in [6.07, 6.45) is 2.94. The van der Waals surface area contributed by atoms with Gasteiger partial charge in [-0.25, -0.2) is 4.98 Å². The molecule has 2 N–H and O–H groups in total. The van der Waals surface area contributed by atoms with Crippen molar-refractivity contribution in [2.75, 3.05) is 26.2 Å². The first kappa shape index (κ1) is 19.7. The Hall–Kier alpha value is -1.63. The summed E-state index contributed by atoms with van der Waals surface area (Å²) in [7, 11) is 0. The number of guanidine groups is 1. The number of aromatic nitrogens is 1. The van der Waals surface area contributed by atoms with Gasteiger partial charge in [-0.15, -0.1) is 11.3 Å². The number of thiazole rings is 1. The van der Waals surface area contributed by atoms with Crippen LogP contribution in [0.5, 0.6) is 0 Å². The summed E-state index contributed by atoms with van der Waals surface area (Å²) in [4.78, 5) is 23.2. The Morgan fingerprint density at radius 1 is 1.52 bits per heavy atom. The fourth-order valence-corrected chi connectivity index (χ4v) is 3.71. The first-order valence-electron chi connectivity index (χ1n) is 9.24. The standard InChI is InChI=1S/C18H31N5OS/c1-5-19-18(20-9-6-7-16-21-14(4)12-25-16)22-15-8-10-23(11-15)17(24)13(2)3/h12-13,15H,5-11H2,1-4H3,(H2,19,20,22). The van der Waals surface area contributed by atoms with Crippen molar-refractivity contribution in [1.29, 1.82) is 0 Å². The van der Waals surface area contributed by atoms with E-state index in [9.17, 15) is 4.79 Å². The van der Waals surface area contributed by atoms with E-state index in [1.54, 1.807) is 11.3 Å². The molecule has 1 amide bonds. The topological polar surface area (TPSA) is 69.6 Å². The van der Waals surface area contributed by atoms with E-state index in [-0.39, 0.29) is 17.9 Å². The van der Waals surface area contributed by atoms with Crippen molar-refractivity contribution in [2.45, 2.75) is 53.0 Å². The average molecular weight is 366 g/mol. The summed E-state index contributed by atoms with van der Waals surface area (Å²) < 4.78 is 0. The lowest BCUT2D eigenvalue weighted by molar-refractivity contribution is -0.133. The van der Waals surface area contributed by atoms with Crippen LogP contribution >= 0.6 is 11.3 Å². The molecular weight excluding hydrogens is 334 g/mol. The molecule has 0 bridgehead atoms. The Bertz CT molecular complexity index is 584. The predicted molar refractivity (Wildman–Crippen MR) is 104 cm³/mol. The van der Waals surface area contributed by atoms with Crippen molar-refractivity contribution >= 4 is 23.2 Å². The van der Waals surface area contributed by atoms with Gasteiger partial charge in [-0.2, -0.15) is 0 Å². The van der Waals surface area contributed by atoms with Gasteiger partial charge in [-0.3, -0.25) is 9.79 Å². The quantitative estimate of drug-likeness (QED) is 0.441. The van der Waals surface area contributed by atoms with Crippen LogP contribution in [0.15, 0.2) is 10.4 Å². The molecule has 25 heavy (non-hydrogen) atoms. The van der Waals surface area contributed by atoms with Gasteiger partial charge in [-0.1, -0.05) is 13.8 Å². The molecule has 1 aromatic heterocycles. The minimum atomic E-state index is 0.0650. The van der Waals surface area contributed by atoms with Gasteiger partial charge < -0.3 is 15.5 Å². The van der Waals surface area contributed by atoms with Crippen molar-refractivity contribution in [3.05, 3.63) is 16.1 Å². The molecule has 0 radical (unpaired) electrons. The van der Waals surface area contributed by atoms with Gasteiger partial charge in [0.05, 0.1) is 5.01 Å². The predicted octanol–water partition coefficient (Wildman–Crippen LogP) is 2.20. The highest BCUT2D eigenvalue weighted by molar-refractivity contribution is 7.09. The lowest BCUT2D eigenvalue weighted by Gasteiger charge is -2.20. The van der Waals surface area contributed by atoms with Crippen LogP contribution in [0.4, 0.5) is 0 Å². The monoisotopic (exact) mass is 365 g/mol. The molecule has 1 unspecified atom stereocenters. The highest BCUT2D eigenvalue weighted by Crippen LogP contribution is 2.13. The second-order valence-electron chi connectivity index (χ2n) is 6.82. The molecule has 2 heterocycles. The molecule has 6 nitrogen and oxygen atoms in total. The lowest BCUT2D eigenvalue weighted by atomic mass is 10.2. The number of nitrogens with zero attached hydrogens (tertiary/aromatic N) is 3. The van der Waals surface area contributed by atoms with Gasteiger partial charge in [0.15, 0.2) is 5.96 Å². The van der Waals surface area contributed by atoms with Crippen LogP contribution in [0.2, 0.25) is 0 Å². The highest BCUT2D eigenvalue weighted by atomic mass is 32.1. The van der Waals surface area contributed by atoms with Crippen LogP contribution in [0, 0.1) is 12.8 Å². The van der Waals surface area contributed by atoms with Crippen molar-refractivity contribution in [1.82, 2.24) is 20.5 Å². The third kappa shape index (κ3) is 6.30. The fraction of sp³-hybridized carbons (Fsp3) is 0.722. The number of amides is 1. The number of rotatable bonds is 7. The molecule has 0 aromatic carbocycles. The zero-order chi connectivity index (χ0) is 18.2. The number of likely N-dealkylation sites (tertiary alicyclic amines) is 1. The van der Waals surface area contributed by atoms with Crippen molar-refractivity contribution in [3.63, 3.8) is 0 Å². The summed E-state index contributed by atoms with van der Waals surface area (Å²) in [5, 5.41) is 10.1. The molecule has 7 heteroatoms.